The van der Waals surface area contributed by atoms with E-state index in [1.165, 1.54) is 18.2 Å². The summed E-state index contributed by atoms with van der Waals surface area (Å²) in [5, 5.41) is 21.7. The van der Waals surface area contributed by atoms with Crippen LogP contribution < -0.4 is 5.32 Å². The van der Waals surface area contributed by atoms with Gasteiger partial charge >= 0.3 is 0 Å². The van der Waals surface area contributed by atoms with E-state index in [0.29, 0.717) is 15.3 Å². The summed E-state index contributed by atoms with van der Waals surface area (Å²) in [6.45, 7) is 0. The van der Waals surface area contributed by atoms with Crippen molar-refractivity contribution in [3.8, 4) is 6.07 Å². The number of nitrogens with zero attached hydrogens (tertiary/aromatic N) is 3. The molecule has 0 aliphatic carbocycles. The van der Waals surface area contributed by atoms with E-state index in [1.807, 2.05) is 0 Å². The van der Waals surface area contributed by atoms with Crippen LogP contribution in [0.4, 0.5) is 10.8 Å². The number of hydrogen-bond acceptors (Lipinski definition) is 6. The number of nitro benzene ring substituents is 1. The third kappa shape index (κ3) is 2.41. The largest absolute Gasteiger partial charge is 0.301 e. The lowest BCUT2D eigenvalue weighted by Gasteiger charge is -1.94. The lowest BCUT2D eigenvalue weighted by molar-refractivity contribution is -0.384. The van der Waals surface area contributed by atoms with Gasteiger partial charge in [0.1, 0.15) is 6.42 Å². The summed E-state index contributed by atoms with van der Waals surface area (Å²) in [4.78, 5) is 25.4. The maximum atomic E-state index is 11.2. The summed E-state index contributed by atoms with van der Waals surface area (Å²) in [6, 6.07) is 5.98. The molecular weight excluding hydrogens is 256 g/mol. The maximum absolute atomic E-state index is 11.2. The summed E-state index contributed by atoms with van der Waals surface area (Å²) < 4.78 is 0.608. The number of non-ortho nitro benzene ring substituents is 1. The van der Waals surface area contributed by atoms with Gasteiger partial charge in [0.2, 0.25) is 5.91 Å². The second-order valence-corrected chi connectivity index (χ2v) is 4.34. The molecule has 0 unspecified atom stereocenters. The Labute approximate surface area is 105 Å². The molecule has 1 aromatic carbocycles. The highest BCUT2D eigenvalue weighted by atomic mass is 32.1. The molecule has 0 saturated heterocycles. The van der Waals surface area contributed by atoms with Crippen molar-refractivity contribution in [3.05, 3.63) is 28.3 Å². The first-order chi connectivity index (χ1) is 8.60. The minimum atomic E-state index is -0.493. The van der Waals surface area contributed by atoms with Crippen LogP contribution in [0.2, 0.25) is 0 Å². The zero-order valence-electron chi connectivity index (χ0n) is 8.91. The summed E-state index contributed by atoms with van der Waals surface area (Å²) in [5.41, 5.74) is 0.541. The highest BCUT2D eigenvalue weighted by molar-refractivity contribution is 7.22. The molecule has 2 rings (SSSR count). The molecule has 18 heavy (non-hydrogen) atoms. The Bertz CT molecular complexity index is 673. The summed E-state index contributed by atoms with van der Waals surface area (Å²) in [5.74, 6) is -0.453. The van der Waals surface area contributed by atoms with Crippen LogP contribution in [-0.4, -0.2) is 15.8 Å². The molecule has 2 aromatic rings. The van der Waals surface area contributed by atoms with Gasteiger partial charge in [-0.3, -0.25) is 14.9 Å². The third-order valence-electron chi connectivity index (χ3n) is 2.07. The van der Waals surface area contributed by atoms with Crippen molar-refractivity contribution >= 4 is 38.3 Å². The first kappa shape index (κ1) is 11.9. The Morgan fingerprint density at radius 2 is 2.39 bits per heavy atom. The van der Waals surface area contributed by atoms with Gasteiger partial charge in [-0.1, -0.05) is 11.3 Å². The Balaban J connectivity index is 2.30. The van der Waals surface area contributed by atoms with Crippen molar-refractivity contribution in [1.29, 1.82) is 5.26 Å². The number of carbonyl (C=O) groups excluding carboxylic acids is 1. The minimum Gasteiger partial charge on any atom is -0.301 e. The van der Waals surface area contributed by atoms with Crippen LogP contribution in [0.25, 0.3) is 10.2 Å². The topological polar surface area (TPSA) is 109 Å². The third-order valence-corrected chi connectivity index (χ3v) is 3.00. The van der Waals surface area contributed by atoms with Crippen LogP contribution >= 0.6 is 11.3 Å². The zero-order valence-corrected chi connectivity index (χ0v) is 9.73. The quantitative estimate of drug-likeness (QED) is 0.672. The number of anilines is 1. The van der Waals surface area contributed by atoms with E-state index in [0.717, 1.165) is 11.3 Å². The first-order valence-electron chi connectivity index (χ1n) is 4.82. The molecule has 0 radical (unpaired) electrons. The van der Waals surface area contributed by atoms with Gasteiger partial charge in [0.05, 0.1) is 21.2 Å². The maximum Gasteiger partial charge on any atom is 0.270 e. The van der Waals surface area contributed by atoms with Gasteiger partial charge < -0.3 is 5.32 Å². The number of benzene rings is 1. The molecule has 1 heterocycles. The van der Waals surface area contributed by atoms with E-state index in [2.05, 4.69) is 10.3 Å². The summed E-state index contributed by atoms with van der Waals surface area (Å²) in [6.07, 6.45) is -0.254. The van der Waals surface area contributed by atoms with E-state index in [9.17, 15) is 14.9 Å². The molecule has 8 heteroatoms. The van der Waals surface area contributed by atoms with E-state index in [1.54, 1.807) is 6.07 Å². The highest BCUT2D eigenvalue weighted by Crippen LogP contribution is 2.29. The van der Waals surface area contributed by atoms with Crippen molar-refractivity contribution in [1.82, 2.24) is 4.98 Å². The van der Waals surface area contributed by atoms with Crippen molar-refractivity contribution in [3.63, 3.8) is 0 Å². The van der Waals surface area contributed by atoms with Crippen molar-refractivity contribution in [2.45, 2.75) is 6.42 Å². The molecule has 0 aliphatic heterocycles. The Hall–Kier alpha value is -2.53. The van der Waals surface area contributed by atoms with E-state index in [-0.39, 0.29) is 12.1 Å². The Kier molecular flexibility index (Phi) is 3.16. The van der Waals surface area contributed by atoms with Crippen LogP contribution in [0.3, 0.4) is 0 Å². The Morgan fingerprint density at radius 3 is 3.06 bits per heavy atom. The SMILES string of the molecule is N#CCC(=O)Nc1nc2ccc([N+](=O)[O-])cc2s1. The van der Waals surface area contributed by atoms with Gasteiger partial charge in [0.15, 0.2) is 5.13 Å². The van der Waals surface area contributed by atoms with Gasteiger partial charge in [-0.25, -0.2) is 4.98 Å². The first-order valence-corrected chi connectivity index (χ1v) is 5.63. The number of thiazole rings is 1. The van der Waals surface area contributed by atoms with Crippen LogP contribution in [0, 0.1) is 21.4 Å². The highest BCUT2D eigenvalue weighted by Gasteiger charge is 2.11. The number of nitrogens with one attached hydrogen (secondary N) is 1. The van der Waals surface area contributed by atoms with Gasteiger partial charge in [0, 0.05) is 12.1 Å². The number of amides is 1. The van der Waals surface area contributed by atoms with Crippen molar-refractivity contribution in [2.24, 2.45) is 0 Å². The lowest BCUT2D eigenvalue weighted by Crippen LogP contribution is -2.09. The molecule has 1 amide bonds. The zero-order chi connectivity index (χ0) is 13.1. The van der Waals surface area contributed by atoms with Crippen LogP contribution in [0.1, 0.15) is 6.42 Å². The number of fused-ring (bicyclic) bond motifs is 1. The molecule has 1 N–H and O–H groups in total. The average molecular weight is 262 g/mol. The van der Waals surface area contributed by atoms with Crippen LogP contribution in [0.15, 0.2) is 18.2 Å². The number of hydrogen-bond donors (Lipinski definition) is 1. The molecular formula is C10H6N4O3S. The second-order valence-electron chi connectivity index (χ2n) is 3.31. The molecule has 0 fully saturated rings. The standard InChI is InChI=1S/C10H6N4O3S/c11-4-3-9(15)13-10-12-7-2-1-6(14(16)17)5-8(7)18-10/h1-2,5H,3H2,(H,12,13,15). The number of rotatable bonds is 3. The van der Waals surface area contributed by atoms with Gasteiger partial charge in [-0.05, 0) is 6.07 Å². The number of aromatic nitrogens is 1. The fraction of sp³-hybridized carbons (Fsp3) is 0.100. The number of nitriles is 1. The second kappa shape index (κ2) is 4.77. The molecule has 0 atom stereocenters. The molecule has 90 valence electrons. The summed E-state index contributed by atoms with van der Waals surface area (Å²) >= 11 is 1.13. The van der Waals surface area contributed by atoms with E-state index >= 15 is 0 Å². The number of nitro groups is 1. The minimum absolute atomic E-state index is 0.0268. The van der Waals surface area contributed by atoms with Crippen LogP contribution in [0.5, 0.6) is 0 Å². The molecule has 0 saturated carbocycles. The van der Waals surface area contributed by atoms with E-state index in [4.69, 9.17) is 5.26 Å². The van der Waals surface area contributed by atoms with Gasteiger partial charge in [-0.15, -0.1) is 0 Å². The monoisotopic (exact) mass is 262 g/mol. The Morgan fingerprint density at radius 1 is 1.61 bits per heavy atom. The van der Waals surface area contributed by atoms with Gasteiger partial charge in [0.25, 0.3) is 5.69 Å². The normalized spacial score (nSPS) is 9.94. The molecule has 0 spiro atoms. The van der Waals surface area contributed by atoms with Crippen molar-refractivity contribution in [2.75, 3.05) is 5.32 Å². The predicted octanol–water partition coefficient (Wildman–Crippen LogP) is 2.06. The lowest BCUT2D eigenvalue weighted by atomic mass is 10.3. The average Bonchev–Trinajstić information content (AvgIpc) is 2.69. The smallest absolute Gasteiger partial charge is 0.270 e. The number of carbonyl (C=O) groups is 1. The van der Waals surface area contributed by atoms with Gasteiger partial charge in [-0.2, -0.15) is 5.26 Å². The molecule has 1 aromatic heterocycles. The van der Waals surface area contributed by atoms with E-state index < -0.39 is 10.8 Å². The van der Waals surface area contributed by atoms with Crippen molar-refractivity contribution < 1.29 is 9.72 Å². The fourth-order valence-corrected chi connectivity index (χ4v) is 2.23. The molecule has 7 nitrogen and oxygen atoms in total. The van der Waals surface area contributed by atoms with Crippen LogP contribution in [-0.2, 0) is 4.79 Å². The molecule has 0 aliphatic rings. The predicted molar refractivity (Wildman–Crippen MR) is 65.1 cm³/mol. The fourth-order valence-electron chi connectivity index (χ4n) is 1.32. The summed E-state index contributed by atoms with van der Waals surface area (Å²) in [7, 11) is 0. The molecule has 0 bridgehead atoms.